The largest absolute Gasteiger partial charge is 0.466 e. The van der Waals surface area contributed by atoms with Crippen molar-refractivity contribution in [1.29, 1.82) is 0 Å². The monoisotopic (exact) mass is 452 g/mol. The van der Waals surface area contributed by atoms with Crippen molar-refractivity contribution in [3.05, 3.63) is 18.2 Å². The number of thioether (sulfide) groups is 1. The van der Waals surface area contributed by atoms with Crippen LogP contribution in [-0.2, 0) is 24.3 Å². The molecule has 30 heavy (non-hydrogen) atoms. The Morgan fingerprint density at radius 2 is 1.83 bits per heavy atom. The van der Waals surface area contributed by atoms with Crippen molar-refractivity contribution in [2.75, 3.05) is 31.1 Å². The lowest BCUT2D eigenvalue weighted by molar-refractivity contribution is -0.149. The first kappa shape index (κ1) is 21.6. The fourth-order valence-electron chi connectivity index (χ4n) is 4.08. The standard InChI is InChI=1S/C21H28N2O5S2/c1-3-28-21(25)16-8-10-22(11-9-16)30(26,27)17-6-7-19-18(12-17)23(13-14(2)29-19)20(24)15-4-5-15/h6-7,12,14-16H,3-5,8-11,13H2,1-2H3. The van der Waals surface area contributed by atoms with Crippen LogP contribution < -0.4 is 4.90 Å². The van der Waals surface area contributed by atoms with Gasteiger partial charge in [-0.1, -0.05) is 6.92 Å². The van der Waals surface area contributed by atoms with Crippen LogP contribution in [-0.4, -0.2) is 56.1 Å². The van der Waals surface area contributed by atoms with Gasteiger partial charge >= 0.3 is 5.97 Å². The minimum Gasteiger partial charge on any atom is -0.466 e. The van der Waals surface area contributed by atoms with Crippen LogP contribution in [0, 0.1) is 11.8 Å². The number of piperidine rings is 1. The molecule has 2 heterocycles. The normalized spacial score (nSPS) is 23.1. The van der Waals surface area contributed by atoms with E-state index in [9.17, 15) is 18.0 Å². The molecule has 164 valence electrons. The molecule has 1 aromatic rings. The van der Waals surface area contributed by atoms with E-state index in [1.807, 2.05) is 6.07 Å². The number of carbonyl (C=O) groups is 2. The molecule has 1 saturated heterocycles. The van der Waals surface area contributed by atoms with Crippen molar-refractivity contribution in [3.63, 3.8) is 0 Å². The number of hydrogen-bond donors (Lipinski definition) is 0. The number of esters is 1. The first-order chi connectivity index (χ1) is 14.3. The smallest absolute Gasteiger partial charge is 0.309 e. The number of amides is 1. The topological polar surface area (TPSA) is 84.0 Å². The van der Waals surface area contributed by atoms with Crippen molar-refractivity contribution in [2.24, 2.45) is 11.8 Å². The van der Waals surface area contributed by atoms with Crippen molar-refractivity contribution in [2.45, 2.75) is 54.6 Å². The molecule has 0 aromatic heterocycles. The summed E-state index contributed by atoms with van der Waals surface area (Å²) in [4.78, 5) is 27.7. The minimum absolute atomic E-state index is 0.0790. The molecule has 2 aliphatic heterocycles. The van der Waals surface area contributed by atoms with Gasteiger partial charge in [-0.05, 0) is 50.8 Å². The summed E-state index contributed by atoms with van der Waals surface area (Å²) in [6, 6.07) is 5.11. The Bertz CT molecular complexity index is 937. The molecule has 1 atom stereocenters. The number of hydrogen-bond acceptors (Lipinski definition) is 6. The molecule has 1 aromatic carbocycles. The molecular formula is C21H28N2O5S2. The Kier molecular flexibility index (Phi) is 6.14. The summed E-state index contributed by atoms with van der Waals surface area (Å²) in [6.07, 6.45) is 2.75. The summed E-state index contributed by atoms with van der Waals surface area (Å²) >= 11 is 1.67. The van der Waals surface area contributed by atoms with Crippen molar-refractivity contribution in [3.8, 4) is 0 Å². The first-order valence-corrected chi connectivity index (χ1v) is 12.9. The summed E-state index contributed by atoms with van der Waals surface area (Å²) in [5.74, 6) is -0.309. The van der Waals surface area contributed by atoms with Gasteiger partial charge in [-0.25, -0.2) is 8.42 Å². The highest BCUT2D eigenvalue weighted by Gasteiger charge is 2.38. The van der Waals surface area contributed by atoms with Gasteiger partial charge in [-0.2, -0.15) is 4.31 Å². The maximum Gasteiger partial charge on any atom is 0.309 e. The second-order valence-electron chi connectivity index (χ2n) is 8.21. The molecule has 1 amide bonds. The van der Waals surface area contributed by atoms with Crippen molar-refractivity contribution >= 4 is 39.3 Å². The lowest BCUT2D eigenvalue weighted by Crippen LogP contribution is -2.41. The summed E-state index contributed by atoms with van der Waals surface area (Å²) in [5.41, 5.74) is 0.706. The number of anilines is 1. The van der Waals surface area contributed by atoms with E-state index >= 15 is 0 Å². The zero-order valence-electron chi connectivity index (χ0n) is 17.4. The molecule has 1 aliphatic carbocycles. The highest BCUT2D eigenvalue weighted by atomic mass is 32.2. The van der Waals surface area contributed by atoms with E-state index in [0.29, 0.717) is 44.8 Å². The predicted octanol–water partition coefficient (Wildman–Crippen LogP) is 2.89. The second kappa shape index (κ2) is 8.51. The van der Waals surface area contributed by atoms with Gasteiger partial charge in [-0.15, -0.1) is 11.8 Å². The molecule has 0 spiro atoms. The van der Waals surface area contributed by atoms with Crippen LogP contribution in [0.2, 0.25) is 0 Å². The Balaban J connectivity index is 1.55. The number of sulfonamides is 1. The van der Waals surface area contributed by atoms with Crippen molar-refractivity contribution in [1.82, 2.24) is 4.31 Å². The highest BCUT2D eigenvalue weighted by Crippen LogP contribution is 2.43. The van der Waals surface area contributed by atoms with Crippen LogP contribution in [0.5, 0.6) is 0 Å². The van der Waals surface area contributed by atoms with Gasteiger partial charge in [0.05, 0.1) is 23.1 Å². The summed E-state index contributed by atoms with van der Waals surface area (Å²) < 4.78 is 33.0. The summed E-state index contributed by atoms with van der Waals surface area (Å²) in [5, 5.41) is 0.268. The van der Waals surface area contributed by atoms with E-state index in [0.717, 1.165) is 17.7 Å². The average Bonchev–Trinajstić information content (AvgIpc) is 3.58. The molecule has 0 N–H and O–H groups in total. The first-order valence-electron chi connectivity index (χ1n) is 10.6. The van der Waals surface area contributed by atoms with E-state index in [2.05, 4.69) is 6.92 Å². The Hall–Kier alpha value is -1.58. The zero-order valence-corrected chi connectivity index (χ0v) is 19.0. The van der Waals surface area contributed by atoms with Gasteiger partial charge in [0.25, 0.3) is 0 Å². The van der Waals surface area contributed by atoms with Gasteiger partial charge in [0.15, 0.2) is 0 Å². The van der Waals surface area contributed by atoms with E-state index in [4.69, 9.17) is 4.74 Å². The maximum atomic E-state index is 13.3. The summed E-state index contributed by atoms with van der Waals surface area (Å²) in [7, 11) is -3.69. The zero-order chi connectivity index (χ0) is 21.5. The van der Waals surface area contributed by atoms with Gasteiger partial charge in [0, 0.05) is 35.7 Å². The Labute approximate surface area is 182 Å². The molecule has 7 nitrogen and oxygen atoms in total. The third kappa shape index (κ3) is 4.24. The molecule has 3 aliphatic rings. The average molecular weight is 453 g/mol. The predicted molar refractivity (Wildman–Crippen MR) is 115 cm³/mol. The van der Waals surface area contributed by atoms with Crippen LogP contribution in [0.1, 0.15) is 39.5 Å². The third-order valence-electron chi connectivity index (χ3n) is 5.89. The number of carbonyl (C=O) groups excluding carboxylic acids is 2. The lowest BCUT2D eigenvalue weighted by Gasteiger charge is -2.34. The Morgan fingerprint density at radius 3 is 2.47 bits per heavy atom. The molecule has 9 heteroatoms. The van der Waals surface area contributed by atoms with Gasteiger partial charge in [0.1, 0.15) is 0 Å². The fourth-order valence-corrected chi connectivity index (χ4v) is 6.66. The lowest BCUT2D eigenvalue weighted by atomic mass is 9.98. The molecule has 1 unspecified atom stereocenters. The number of benzene rings is 1. The van der Waals surface area contributed by atoms with E-state index in [-0.39, 0.29) is 33.9 Å². The molecule has 0 bridgehead atoms. The SMILES string of the molecule is CCOC(=O)C1CCN(S(=O)(=O)c2ccc3c(c2)N(C(=O)C2CC2)CC(C)S3)CC1. The summed E-state index contributed by atoms with van der Waals surface area (Å²) in [6.45, 7) is 5.36. The maximum absolute atomic E-state index is 13.3. The molecular weight excluding hydrogens is 424 g/mol. The number of ether oxygens (including phenoxy) is 1. The van der Waals surface area contributed by atoms with Crippen LogP contribution in [0.15, 0.2) is 28.0 Å². The molecule has 4 rings (SSSR count). The van der Waals surface area contributed by atoms with E-state index in [1.54, 1.807) is 35.7 Å². The van der Waals surface area contributed by atoms with E-state index in [1.165, 1.54) is 4.31 Å². The van der Waals surface area contributed by atoms with Gasteiger partial charge < -0.3 is 9.64 Å². The second-order valence-corrected chi connectivity index (χ2v) is 11.6. The minimum atomic E-state index is -3.69. The van der Waals surface area contributed by atoms with Crippen LogP contribution in [0.25, 0.3) is 0 Å². The molecule has 0 radical (unpaired) electrons. The van der Waals surface area contributed by atoms with Gasteiger partial charge in [0.2, 0.25) is 15.9 Å². The fraction of sp³-hybridized carbons (Fsp3) is 0.619. The number of nitrogens with zero attached hydrogens (tertiary/aromatic N) is 2. The number of rotatable bonds is 5. The molecule has 1 saturated carbocycles. The Morgan fingerprint density at radius 1 is 1.13 bits per heavy atom. The van der Waals surface area contributed by atoms with E-state index < -0.39 is 10.0 Å². The number of fused-ring (bicyclic) bond motifs is 1. The molecule has 2 fully saturated rings. The van der Waals surface area contributed by atoms with Gasteiger partial charge in [-0.3, -0.25) is 9.59 Å². The van der Waals surface area contributed by atoms with Crippen LogP contribution in [0.4, 0.5) is 5.69 Å². The quantitative estimate of drug-likeness (QED) is 0.639. The van der Waals surface area contributed by atoms with Crippen LogP contribution >= 0.6 is 11.8 Å². The van der Waals surface area contributed by atoms with Crippen molar-refractivity contribution < 1.29 is 22.7 Å². The highest BCUT2D eigenvalue weighted by molar-refractivity contribution is 8.00. The van der Waals surface area contributed by atoms with Crippen LogP contribution in [0.3, 0.4) is 0 Å². The third-order valence-corrected chi connectivity index (χ3v) is 8.94.